The first-order valence-corrected chi connectivity index (χ1v) is 10.1. The van der Waals surface area contributed by atoms with Crippen molar-refractivity contribution in [3.05, 3.63) is 82.6 Å². The standard InChI is InChI=1S/C23H22ClN3O/c24-20-8-4-5-17(11-20)13-27-10-9-23(15-27)16-28-14-19-12-25-22(26-21(19)23)18-6-2-1-3-7-18/h1-8,11-12H,9-10,13-16H2. The summed E-state index contributed by atoms with van der Waals surface area (Å²) in [6.45, 7) is 4.18. The average molecular weight is 392 g/mol. The number of rotatable bonds is 3. The third kappa shape index (κ3) is 3.32. The topological polar surface area (TPSA) is 38.2 Å². The van der Waals surface area contributed by atoms with Crippen molar-refractivity contribution in [1.29, 1.82) is 0 Å². The van der Waals surface area contributed by atoms with E-state index in [1.807, 2.05) is 42.6 Å². The summed E-state index contributed by atoms with van der Waals surface area (Å²) in [7, 11) is 0. The predicted octanol–water partition coefficient (Wildman–Crippen LogP) is 4.47. The van der Waals surface area contributed by atoms with E-state index in [4.69, 9.17) is 21.3 Å². The van der Waals surface area contributed by atoms with Gasteiger partial charge < -0.3 is 4.74 Å². The molecule has 0 amide bonds. The predicted molar refractivity (Wildman–Crippen MR) is 110 cm³/mol. The molecule has 1 spiro atoms. The molecule has 4 nitrogen and oxygen atoms in total. The van der Waals surface area contributed by atoms with Crippen molar-refractivity contribution in [2.24, 2.45) is 0 Å². The van der Waals surface area contributed by atoms with Crippen molar-refractivity contribution >= 4 is 11.6 Å². The zero-order chi connectivity index (χ0) is 19.0. The summed E-state index contributed by atoms with van der Waals surface area (Å²) in [5.41, 5.74) is 4.53. The molecule has 0 saturated carbocycles. The van der Waals surface area contributed by atoms with Gasteiger partial charge in [-0.2, -0.15) is 0 Å². The van der Waals surface area contributed by atoms with Crippen molar-refractivity contribution in [1.82, 2.24) is 14.9 Å². The van der Waals surface area contributed by atoms with E-state index in [1.54, 1.807) is 0 Å². The highest BCUT2D eigenvalue weighted by molar-refractivity contribution is 6.30. The van der Waals surface area contributed by atoms with E-state index in [1.165, 1.54) is 11.3 Å². The van der Waals surface area contributed by atoms with Crippen LogP contribution < -0.4 is 0 Å². The third-order valence-corrected chi connectivity index (χ3v) is 6.00. The number of aromatic nitrogens is 2. The van der Waals surface area contributed by atoms with Crippen LogP contribution in [0.2, 0.25) is 5.02 Å². The fourth-order valence-corrected chi connectivity index (χ4v) is 4.63. The van der Waals surface area contributed by atoms with Gasteiger partial charge in [-0.15, -0.1) is 0 Å². The smallest absolute Gasteiger partial charge is 0.159 e. The van der Waals surface area contributed by atoms with Gasteiger partial charge in [-0.05, 0) is 30.7 Å². The molecule has 1 aromatic heterocycles. The summed E-state index contributed by atoms with van der Waals surface area (Å²) in [5, 5.41) is 0.790. The van der Waals surface area contributed by atoms with E-state index in [0.29, 0.717) is 6.61 Å². The fraction of sp³-hybridized carbons (Fsp3) is 0.304. The molecule has 2 aliphatic heterocycles. The Morgan fingerprint density at radius 2 is 2.00 bits per heavy atom. The minimum absolute atomic E-state index is 0.0569. The van der Waals surface area contributed by atoms with Gasteiger partial charge in [0, 0.05) is 35.4 Å². The zero-order valence-corrected chi connectivity index (χ0v) is 16.4. The van der Waals surface area contributed by atoms with Crippen LogP contribution in [0.15, 0.2) is 60.8 Å². The van der Waals surface area contributed by atoms with Crippen LogP contribution in [0.25, 0.3) is 11.4 Å². The van der Waals surface area contributed by atoms with Crippen LogP contribution in [0.4, 0.5) is 0 Å². The Bertz CT molecular complexity index is 994. The summed E-state index contributed by atoms with van der Waals surface area (Å²) in [6, 6.07) is 18.3. The summed E-state index contributed by atoms with van der Waals surface area (Å²) >= 11 is 6.16. The van der Waals surface area contributed by atoms with Crippen molar-refractivity contribution in [2.45, 2.75) is 25.0 Å². The summed E-state index contributed by atoms with van der Waals surface area (Å²) < 4.78 is 5.97. The minimum Gasteiger partial charge on any atom is -0.376 e. The zero-order valence-electron chi connectivity index (χ0n) is 15.6. The molecule has 5 heteroatoms. The van der Waals surface area contributed by atoms with Crippen molar-refractivity contribution in [2.75, 3.05) is 19.7 Å². The van der Waals surface area contributed by atoms with Gasteiger partial charge in [0.15, 0.2) is 5.82 Å². The van der Waals surface area contributed by atoms with Crippen molar-refractivity contribution in [3.8, 4) is 11.4 Å². The van der Waals surface area contributed by atoms with E-state index < -0.39 is 0 Å². The molecule has 0 bridgehead atoms. The molecule has 2 aliphatic rings. The molecule has 0 radical (unpaired) electrons. The SMILES string of the molecule is Clc1cccc(CN2CCC3(COCc4cnc(-c5ccccc5)nc43)C2)c1. The van der Waals surface area contributed by atoms with E-state index >= 15 is 0 Å². The summed E-state index contributed by atoms with van der Waals surface area (Å²) in [4.78, 5) is 12.1. The normalized spacial score (nSPS) is 21.8. The quantitative estimate of drug-likeness (QED) is 0.660. The Morgan fingerprint density at radius 1 is 1.11 bits per heavy atom. The van der Waals surface area contributed by atoms with Crippen molar-refractivity contribution in [3.63, 3.8) is 0 Å². The van der Waals surface area contributed by atoms with Gasteiger partial charge in [-0.25, -0.2) is 9.97 Å². The molecule has 142 valence electrons. The second-order valence-electron chi connectivity index (χ2n) is 7.80. The Hall–Kier alpha value is -2.27. The second-order valence-corrected chi connectivity index (χ2v) is 8.23. The molecular weight excluding hydrogens is 370 g/mol. The number of ether oxygens (including phenoxy) is 1. The van der Waals surface area contributed by atoms with Crippen LogP contribution in [0.3, 0.4) is 0 Å². The number of fused-ring (bicyclic) bond motifs is 2. The number of nitrogens with zero attached hydrogens (tertiary/aromatic N) is 3. The summed E-state index contributed by atoms with van der Waals surface area (Å²) in [5.74, 6) is 0.800. The maximum atomic E-state index is 6.16. The Labute approximate surface area is 170 Å². The highest BCUT2D eigenvalue weighted by Gasteiger charge is 2.44. The summed E-state index contributed by atoms with van der Waals surface area (Å²) in [6.07, 6.45) is 3.00. The number of halogens is 1. The van der Waals surface area contributed by atoms with Crippen LogP contribution >= 0.6 is 11.6 Å². The van der Waals surface area contributed by atoms with Gasteiger partial charge in [0.2, 0.25) is 0 Å². The van der Waals surface area contributed by atoms with Crippen LogP contribution in [-0.2, 0) is 23.3 Å². The molecular formula is C23H22ClN3O. The molecule has 3 aromatic rings. The van der Waals surface area contributed by atoms with E-state index in [0.717, 1.165) is 54.6 Å². The molecule has 2 aromatic carbocycles. The second kappa shape index (κ2) is 7.28. The number of hydrogen-bond acceptors (Lipinski definition) is 4. The monoisotopic (exact) mass is 391 g/mol. The van der Waals surface area contributed by atoms with Gasteiger partial charge in [0.25, 0.3) is 0 Å². The fourth-order valence-electron chi connectivity index (χ4n) is 4.42. The van der Waals surface area contributed by atoms with Crippen LogP contribution in [-0.4, -0.2) is 34.6 Å². The number of likely N-dealkylation sites (tertiary alicyclic amines) is 1. The maximum absolute atomic E-state index is 6.16. The minimum atomic E-state index is -0.0569. The largest absolute Gasteiger partial charge is 0.376 e. The lowest BCUT2D eigenvalue weighted by Crippen LogP contribution is -2.40. The Morgan fingerprint density at radius 3 is 2.86 bits per heavy atom. The molecule has 0 aliphatic carbocycles. The first-order valence-electron chi connectivity index (χ1n) is 9.68. The number of benzene rings is 2. The van der Waals surface area contributed by atoms with Crippen LogP contribution in [0.5, 0.6) is 0 Å². The first kappa shape index (κ1) is 17.8. The molecule has 28 heavy (non-hydrogen) atoms. The lowest BCUT2D eigenvalue weighted by molar-refractivity contribution is 0.0503. The lowest BCUT2D eigenvalue weighted by atomic mass is 9.80. The van der Waals surface area contributed by atoms with E-state index in [2.05, 4.69) is 28.1 Å². The molecule has 0 N–H and O–H groups in total. The average Bonchev–Trinajstić information content (AvgIpc) is 3.12. The Kier molecular flexibility index (Phi) is 4.63. The van der Waals surface area contributed by atoms with Gasteiger partial charge in [-0.3, -0.25) is 4.90 Å². The van der Waals surface area contributed by atoms with Gasteiger partial charge in [0.1, 0.15) is 0 Å². The third-order valence-electron chi connectivity index (χ3n) is 5.76. The molecule has 1 atom stereocenters. The molecule has 1 fully saturated rings. The number of hydrogen-bond donors (Lipinski definition) is 0. The highest BCUT2D eigenvalue weighted by atomic mass is 35.5. The van der Waals surface area contributed by atoms with Crippen molar-refractivity contribution < 1.29 is 4.74 Å². The molecule has 3 heterocycles. The highest BCUT2D eigenvalue weighted by Crippen LogP contribution is 2.40. The molecule has 5 rings (SSSR count). The van der Waals surface area contributed by atoms with Crippen LogP contribution in [0.1, 0.15) is 23.2 Å². The van der Waals surface area contributed by atoms with Gasteiger partial charge in [0.05, 0.1) is 24.3 Å². The first-order chi connectivity index (χ1) is 13.7. The Balaban J connectivity index is 1.44. The van der Waals surface area contributed by atoms with Gasteiger partial charge >= 0.3 is 0 Å². The van der Waals surface area contributed by atoms with Gasteiger partial charge in [-0.1, -0.05) is 54.1 Å². The maximum Gasteiger partial charge on any atom is 0.159 e. The lowest BCUT2D eigenvalue weighted by Gasteiger charge is -2.34. The van der Waals surface area contributed by atoms with E-state index in [9.17, 15) is 0 Å². The van der Waals surface area contributed by atoms with Crippen LogP contribution in [0, 0.1) is 0 Å². The molecule has 1 saturated heterocycles. The van der Waals surface area contributed by atoms with E-state index in [-0.39, 0.29) is 5.41 Å². The molecule has 1 unspecified atom stereocenters.